The molecule has 106 valence electrons. The highest BCUT2D eigenvalue weighted by molar-refractivity contribution is 5.86. The summed E-state index contributed by atoms with van der Waals surface area (Å²) in [6.07, 6.45) is 5.68. The van der Waals surface area contributed by atoms with Crippen LogP contribution in [0.15, 0.2) is 12.2 Å². The van der Waals surface area contributed by atoms with Gasteiger partial charge in [-0.05, 0) is 30.1 Å². The second-order valence-electron chi connectivity index (χ2n) is 6.94. The van der Waals surface area contributed by atoms with Gasteiger partial charge < -0.3 is 10.4 Å². The van der Waals surface area contributed by atoms with E-state index >= 15 is 0 Å². The van der Waals surface area contributed by atoms with Gasteiger partial charge >= 0.3 is 5.97 Å². The van der Waals surface area contributed by atoms with E-state index in [4.69, 9.17) is 0 Å². The van der Waals surface area contributed by atoms with E-state index in [-0.39, 0.29) is 29.1 Å². The lowest BCUT2D eigenvalue weighted by Crippen LogP contribution is -2.41. The lowest BCUT2D eigenvalue weighted by atomic mass is 9.82. The molecule has 0 aromatic heterocycles. The van der Waals surface area contributed by atoms with Crippen molar-refractivity contribution in [3.8, 4) is 0 Å². The van der Waals surface area contributed by atoms with E-state index < -0.39 is 11.9 Å². The number of carboxylic acids is 1. The second-order valence-corrected chi connectivity index (χ2v) is 6.94. The first-order chi connectivity index (χ1) is 8.79. The SMILES string of the molecule is CC(C)(C)CCNC(=O)[C@H]1C2C=CC(C2)[C@H]1C(=O)O. The van der Waals surface area contributed by atoms with Gasteiger partial charge in [0.2, 0.25) is 5.91 Å². The number of amides is 1. The molecule has 4 nitrogen and oxygen atoms in total. The van der Waals surface area contributed by atoms with Gasteiger partial charge in [0.1, 0.15) is 0 Å². The summed E-state index contributed by atoms with van der Waals surface area (Å²) in [7, 11) is 0. The molecular formula is C15H23NO3. The Kier molecular flexibility index (Phi) is 3.70. The molecule has 4 atom stereocenters. The van der Waals surface area contributed by atoms with Crippen LogP contribution in [-0.4, -0.2) is 23.5 Å². The van der Waals surface area contributed by atoms with Crippen molar-refractivity contribution in [3.05, 3.63) is 12.2 Å². The van der Waals surface area contributed by atoms with Gasteiger partial charge in [-0.15, -0.1) is 0 Å². The summed E-state index contributed by atoms with van der Waals surface area (Å²) in [5.74, 6) is -1.69. The van der Waals surface area contributed by atoms with E-state index in [1.807, 2.05) is 12.2 Å². The van der Waals surface area contributed by atoms with Gasteiger partial charge in [-0.1, -0.05) is 32.9 Å². The normalized spacial score (nSPS) is 32.6. The predicted octanol–water partition coefficient (Wildman–Crippen LogP) is 2.06. The van der Waals surface area contributed by atoms with Crippen molar-refractivity contribution < 1.29 is 14.7 Å². The summed E-state index contributed by atoms with van der Waals surface area (Å²) in [5.41, 5.74) is 0.175. The van der Waals surface area contributed by atoms with Crippen molar-refractivity contribution in [1.82, 2.24) is 5.32 Å². The number of carboxylic acid groups (broad SMARTS) is 1. The maximum Gasteiger partial charge on any atom is 0.307 e. The number of aliphatic carboxylic acids is 1. The summed E-state index contributed by atoms with van der Waals surface area (Å²) in [4.78, 5) is 23.6. The van der Waals surface area contributed by atoms with Crippen molar-refractivity contribution >= 4 is 11.9 Å². The number of nitrogens with one attached hydrogen (secondary N) is 1. The zero-order chi connectivity index (χ0) is 14.2. The van der Waals surface area contributed by atoms with Crippen LogP contribution in [0, 0.1) is 29.1 Å². The van der Waals surface area contributed by atoms with Crippen molar-refractivity contribution in [1.29, 1.82) is 0 Å². The fourth-order valence-corrected chi connectivity index (χ4v) is 3.19. The summed E-state index contributed by atoms with van der Waals surface area (Å²) < 4.78 is 0. The minimum absolute atomic E-state index is 0.0425. The third kappa shape index (κ3) is 2.99. The molecule has 1 saturated carbocycles. The molecule has 0 aromatic rings. The van der Waals surface area contributed by atoms with Crippen LogP contribution in [0.2, 0.25) is 0 Å². The predicted molar refractivity (Wildman–Crippen MR) is 72.4 cm³/mol. The van der Waals surface area contributed by atoms with Gasteiger partial charge in [0.25, 0.3) is 0 Å². The number of fused-ring (bicyclic) bond motifs is 2. The first-order valence-corrected chi connectivity index (χ1v) is 6.98. The summed E-state index contributed by atoms with van der Waals surface area (Å²) in [5, 5.41) is 12.2. The molecular weight excluding hydrogens is 242 g/mol. The lowest BCUT2D eigenvalue weighted by molar-refractivity contribution is -0.147. The quantitative estimate of drug-likeness (QED) is 0.765. The zero-order valence-electron chi connectivity index (χ0n) is 11.8. The van der Waals surface area contributed by atoms with Crippen LogP contribution in [0.25, 0.3) is 0 Å². The first-order valence-electron chi connectivity index (χ1n) is 6.98. The van der Waals surface area contributed by atoms with Crippen LogP contribution in [0.5, 0.6) is 0 Å². The molecule has 1 amide bonds. The molecule has 0 aliphatic heterocycles. The van der Waals surface area contributed by atoms with Gasteiger partial charge in [0.05, 0.1) is 11.8 Å². The summed E-state index contributed by atoms with van der Waals surface area (Å²) in [6, 6.07) is 0. The fourth-order valence-electron chi connectivity index (χ4n) is 3.19. The highest BCUT2D eigenvalue weighted by Crippen LogP contribution is 2.48. The van der Waals surface area contributed by atoms with Crippen molar-refractivity contribution in [2.75, 3.05) is 6.54 Å². The Hall–Kier alpha value is -1.32. The largest absolute Gasteiger partial charge is 0.481 e. The maximum atomic E-state index is 12.2. The Morgan fingerprint density at radius 3 is 2.32 bits per heavy atom. The molecule has 0 radical (unpaired) electrons. The van der Waals surface area contributed by atoms with Crippen LogP contribution in [0.1, 0.15) is 33.6 Å². The van der Waals surface area contributed by atoms with Crippen molar-refractivity contribution in [2.45, 2.75) is 33.6 Å². The highest BCUT2D eigenvalue weighted by atomic mass is 16.4. The number of hydrogen-bond donors (Lipinski definition) is 2. The monoisotopic (exact) mass is 265 g/mol. The van der Waals surface area contributed by atoms with E-state index in [0.29, 0.717) is 6.54 Å². The standard InChI is InChI=1S/C15H23NO3/c1-15(2,3)6-7-16-13(17)11-9-4-5-10(8-9)12(11)14(18)19/h4-5,9-12H,6-8H2,1-3H3,(H,16,17)(H,18,19)/t9?,10?,11-,12+/m0/s1. The average Bonchev–Trinajstić information content (AvgIpc) is 2.85. The molecule has 2 N–H and O–H groups in total. The Balaban J connectivity index is 1.95. The lowest BCUT2D eigenvalue weighted by Gasteiger charge is -2.25. The molecule has 0 saturated heterocycles. The van der Waals surface area contributed by atoms with E-state index in [9.17, 15) is 14.7 Å². The molecule has 19 heavy (non-hydrogen) atoms. The van der Waals surface area contributed by atoms with Gasteiger partial charge in [0, 0.05) is 6.54 Å². The average molecular weight is 265 g/mol. The van der Waals surface area contributed by atoms with Crippen LogP contribution >= 0.6 is 0 Å². The van der Waals surface area contributed by atoms with Crippen LogP contribution in [-0.2, 0) is 9.59 Å². The van der Waals surface area contributed by atoms with E-state index in [2.05, 4.69) is 26.1 Å². The second kappa shape index (κ2) is 4.99. The molecule has 0 heterocycles. The molecule has 4 heteroatoms. The zero-order valence-corrected chi connectivity index (χ0v) is 11.8. The number of carbonyl (C=O) groups excluding carboxylic acids is 1. The Labute approximate surface area is 114 Å². The van der Waals surface area contributed by atoms with E-state index in [0.717, 1.165) is 12.8 Å². The van der Waals surface area contributed by atoms with Gasteiger partial charge in [-0.3, -0.25) is 9.59 Å². The Bertz CT molecular complexity index is 408. The minimum Gasteiger partial charge on any atom is -0.481 e. The smallest absolute Gasteiger partial charge is 0.307 e. The molecule has 0 spiro atoms. The van der Waals surface area contributed by atoms with Gasteiger partial charge in [0.15, 0.2) is 0 Å². The number of rotatable bonds is 4. The van der Waals surface area contributed by atoms with Crippen molar-refractivity contribution in [2.24, 2.45) is 29.1 Å². The van der Waals surface area contributed by atoms with Gasteiger partial charge in [-0.25, -0.2) is 0 Å². The molecule has 2 rings (SSSR count). The molecule has 2 aliphatic rings. The topological polar surface area (TPSA) is 66.4 Å². The molecule has 0 aromatic carbocycles. The van der Waals surface area contributed by atoms with Crippen LogP contribution in [0.4, 0.5) is 0 Å². The third-order valence-electron chi connectivity index (χ3n) is 4.22. The number of hydrogen-bond acceptors (Lipinski definition) is 2. The first kappa shape index (κ1) is 14.1. The summed E-state index contributed by atoms with van der Waals surface area (Å²) in [6.45, 7) is 6.99. The molecule has 2 aliphatic carbocycles. The molecule has 2 unspecified atom stereocenters. The fraction of sp³-hybridized carbons (Fsp3) is 0.733. The van der Waals surface area contributed by atoms with Crippen molar-refractivity contribution in [3.63, 3.8) is 0 Å². The molecule has 2 bridgehead atoms. The van der Waals surface area contributed by atoms with Crippen LogP contribution in [0.3, 0.4) is 0 Å². The number of allylic oxidation sites excluding steroid dienone is 2. The van der Waals surface area contributed by atoms with Crippen LogP contribution < -0.4 is 5.32 Å². The highest BCUT2D eigenvalue weighted by Gasteiger charge is 2.51. The van der Waals surface area contributed by atoms with Gasteiger partial charge in [-0.2, -0.15) is 0 Å². The summed E-state index contributed by atoms with van der Waals surface area (Å²) >= 11 is 0. The third-order valence-corrected chi connectivity index (χ3v) is 4.22. The maximum absolute atomic E-state index is 12.2. The van der Waals surface area contributed by atoms with E-state index in [1.165, 1.54) is 0 Å². The van der Waals surface area contributed by atoms with E-state index in [1.54, 1.807) is 0 Å². The number of carbonyl (C=O) groups is 2. The molecule has 1 fully saturated rings. The minimum atomic E-state index is -0.840. The Morgan fingerprint density at radius 1 is 1.21 bits per heavy atom. The Morgan fingerprint density at radius 2 is 1.79 bits per heavy atom.